The summed E-state index contributed by atoms with van der Waals surface area (Å²) in [5.74, 6) is -0.532. The maximum atomic E-state index is 13.9. The van der Waals surface area contributed by atoms with Crippen LogP contribution in [-0.2, 0) is 11.3 Å². The van der Waals surface area contributed by atoms with Gasteiger partial charge in [0.1, 0.15) is 5.82 Å². The lowest BCUT2D eigenvalue weighted by Gasteiger charge is -2.23. The molecule has 3 amide bonds. The van der Waals surface area contributed by atoms with Gasteiger partial charge in [0, 0.05) is 35.3 Å². The second-order valence-electron chi connectivity index (χ2n) is 6.89. The molecule has 1 aliphatic carbocycles. The maximum Gasteiger partial charge on any atom is 0.317 e. The minimum Gasteiger partial charge on any atom is -0.337 e. The van der Waals surface area contributed by atoms with Gasteiger partial charge in [-0.15, -0.1) is 0 Å². The fourth-order valence-corrected chi connectivity index (χ4v) is 3.08. The SMILES string of the molecule is Cc1c(Cl)cccc1NC(=O)CCNC(=O)N(Cc1ccccc1F)C1CC1. The first-order valence-electron chi connectivity index (χ1n) is 9.28. The number of anilines is 1. The van der Waals surface area contributed by atoms with Gasteiger partial charge in [0.05, 0.1) is 6.54 Å². The van der Waals surface area contributed by atoms with Crippen LogP contribution in [0.15, 0.2) is 42.5 Å². The van der Waals surface area contributed by atoms with Crippen LogP contribution in [0.5, 0.6) is 0 Å². The Labute approximate surface area is 168 Å². The number of urea groups is 1. The summed E-state index contributed by atoms with van der Waals surface area (Å²) >= 11 is 6.05. The van der Waals surface area contributed by atoms with Crippen LogP contribution < -0.4 is 10.6 Å². The topological polar surface area (TPSA) is 61.4 Å². The summed E-state index contributed by atoms with van der Waals surface area (Å²) in [6.07, 6.45) is 1.96. The van der Waals surface area contributed by atoms with Crippen LogP contribution in [-0.4, -0.2) is 29.4 Å². The van der Waals surface area contributed by atoms with Gasteiger partial charge in [-0.25, -0.2) is 9.18 Å². The smallest absolute Gasteiger partial charge is 0.317 e. The van der Waals surface area contributed by atoms with E-state index in [9.17, 15) is 14.0 Å². The molecule has 2 aromatic rings. The van der Waals surface area contributed by atoms with Gasteiger partial charge in [-0.3, -0.25) is 4.79 Å². The van der Waals surface area contributed by atoms with E-state index in [2.05, 4.69) is 10.6 Å². The van der Waals surface area contributed by atoms with Crippen molar-refractivity contribution in [3.05, 3.63) is 64.4 Å². The summed E-state index contributed by atoms with van der Waals surface area (Å²) in [5.41, 5.74) is 1.94. The second kappa shape index (κ2) is 9.06. The minimum absolute atomic E-state index is 0.127. The van der Waals surface area contributed by atoms with Crippen molar-refractivity contribution in [3.8, 4) is 0 Å². The number of hydrogen-bond acceptors (Lipinski definition) is 2. The van der Waals surface area contributed by atoms with Crippen LogP contribution in [0.2, 0.25) is 5.02 Å². The molecule has 7 heteroatoms. The van der Waals surface area contributed by atoms with Gasteiger partial charge in [0.2, 0.25) is 5.91 Å². The third-order valence-corrected chi connectivity index (χ3v) is 5.13. The Balaban J connectivity index is 1.50. The molecule has 0 bridgehead atoms. The van der Waals surface area contributed by atoms with Gasteiger partial charge in [-0.05, 0) is 43.5 Å². The Morgan fingerprint density at radius 3 is 2.64 bits per heavy atom. The van der Waals surface area contributed by atoms with Crippen LogP contribution in [0.4, 0.5) is 14.9 Å². The van der Waals surface area contributed by atoms with Crippen LogP contribution in [0.25, 0.3) is 0 Å². The fraction of sp³-hybridized carbons (Fsp3) is 0.333. The third-order valence-electron chi connectivity index (χ3n) is 4.72. The molecule has 0 heterocycles. The highest BCUT2D eigenvalue weighted by Crippen LogP contribution is 2.29. The molecule has 148 valence electrons. The largest absolute Gasteiger partial charge is 0.337 e. The van der Waals surface area contributed by atoms with Crippen LogP contribution >= 0.6 is 11.6 Å². The summed E-state index contributed by atoms with van der Waals surface area (Å²) in [6, 6.07) is 11.6. The lowest BCUT2D eigenvalue weighted by molar-refractivity contribution is -0.116. The van der Waals surface area contributed by atoms with E-state index in [1.165, 1.54) is 6.07 Å². The van der Waals surface area contributed by atoms with Gasteiger partial charge in [-0.2, -0.15) is 0 Å². The molecule has 1 aliphatic rings. The average molecular weight is 404 g/mol. The molecule has 2 aromatic carbocycles. The second-order valence-corrected chi connectivity index (χ2v) is 7.30. The van der Waals surface area contributed by atoms with Crippen molar-refractivity contribution in [2.45, 2.75) is 38.8 Å². The fourth-order valence-electron chi connectivity index (χ4n) is 2.90. The first-order valence-corrected chi connectivity index (χ1v) is 9.66. The number of nitrogens with zero attached hydrogens (tertiary/aromatic N) is 1. The van der Waals surface area contributed by atoms with Gasteiger partial charge < -0.3 is 15.5 Å². The molecule has 0 radical (unpaired) electrons. The Bertz CT molecular complexity index is 870. The van der Waals surface area contributed by atoms with Gasteiger partial charge in [0.25, 0.3) is 0 Å². The van der Waals surface area contributed by atoms with Crippen molar-refractivity contribution in [3.63, 3.8) is 0 Å². The molecule has 3 rings (SSSR count). The summed E-state index contributed by atoms with van der Waals surface area (Å²) in [6.45, 7) is 2.25. The molecular weight excluding hydrogens is 381 g/mol. The number of carbonyl (C=O) groups is 2. The molecule has 0 unspecified atom stereocenters. The van der Waals surface area contributed by atoms with Crippen molar-refractivity contribution < 1.29 is 14.0 Å². The molecule has 0 spiro atoms. The number of amides is 3. The van der Waals surface area contributed by atoms with Crippen molar-refractivity contribution in [1.29, 1.82) is 0 Å². The van der Waals surface area contributed by atoms with Gasteiger partial charge in [-0.1, -0.05) is 35.9 Å². The molecule has 0 atom stereocenters. The van der Waals surface area contributed by atoms with Crippen molar-refractivity contribution in [2.75, 3.05) is 11.9 Å². The minimum atomic E-state index is -0.322. The number of carbonyl (C=O) groups excluding carboxylic acids is 2. The molecule has 1 saturated carbocycles. The highest BCUT2D eigenvalue weighted by Gasteiger charge is 2.33. The Hall–Kier alpha value is -2.60. The van der Waals surface area contributed by atoms with E-state index in [4.69, 9.17) is 11.6 Å². The van der Waals surface area contributed by atoms with E-state index in [1.54, 1.807) is 41.3 Å². The zero-order valence-corrected chi connectivity index (χ0v) is 16.4. The summed E-state index contributed by atoms with van der Waals surface area (Å²) < 4.78 is 13.9. The summed E-state index contributed by atoms with van der Waals surface area (Å²) in [4.78, 5) is 26.3. The Kier molecular flexibility index (Phi) is 6.52. The summed E-state index contributed by atoms with van der Waals surface area (Å²) in [7, 11) is 0. The van der Waals surface area contributed by atoms with Crippen molar-refractivity contribution in [2.24, 2.45) is 0 Å². The third kappa shape index (κ3) is 5.23. The lowest BCUT2D eigenvalue weighted by Crippen LogP contribution is -2.42. The predicted molar refractivity (Wildman–Crippen MR) is 108 cm³/mol. The standard InChI is InChI=1S/C21H23ClFN3O2/c1-14-17(22)6-4-8-19(14)25-20(27)11-12-24-21(28)26(16-9-10-16)13-15-5-2-3-7-18(15)23/h2-8,16H,9-13H2,1H3,(H,24,28)(H,25,27). The first kappa shape index (κ1) is 20.1. The molecule has 5 nitrogen and oxygen atoms in total. The van der Waals surface area contributed by atoms with Gasteiger partial charge >= 0.3 is 6.03 Å². The van der Waals surface area contributed by atoms with Crippen LogP contribution in [0.1, 0.15) is 30.4 Å². The zero-order valence-electron chi connectivity index (χ0n) is 15.7. The Morgan fingerprint density at radius 1 is 1.18 bits per heavy atom. The predicted octanol–water partition coefficient (Wildman–Crippen LogP) is 4.49. The Morgan fingerprint density at radius 2 is 1.93 bits per heavy atom. The van der Waals surface area contributed by atoms with Crippen LogP contribution in [0, 0.1) is 12.7 Å². The summed E-state index contributed by atoms with van der Waals surface area (Å²) in [5, 5.41) is 6.15. The molecule has 28 heavy (non-hydrogen) atoms. The van der Waals surface area contributed by atoms with Gasteiger partial charge in [0.15, 0.2) is 0 Å². The van der Waals surface area contributed by atoms with E-state index >= 15 is 0 Å². The molecule has 0 aliphatic heterocycles. The molecule has 2 N–H and O–H groups in total. The van der Waals surface area contributed by atoms with E-state index < -0.39 is 0 Å². The van der Waals surface area contributed by atoms with Crippen LogP contribution in [0.3, 0.4) is 0 Å². The van der Waals surface area contributed by atoms with Crippen molar-refractivity contribution in [1.82, 2.24) is 10.2 Å². The number of rotatable bonds is 7. The molecule has 0 aromatic heterocycles. The number of benzene rings is 2. The number of nitrogens with one attached hydrogen (secondary N) is 2. The lowest BCUT2D eigenvalue weighted by atomic mass is 10.2. The molecule has 0 saturated heterocycles. The number of halogens is 2. The quantitative estimate of drug-likeness (QED) is 0.715. The maximum absolute atomic E-state index is 13.9. The highest BCUT2D eigenvalue weighted by molar-refractivity contribution is 6.31. The van der Waals surface area contributed by atoms with E-state index in [1.807, 2.05) is 6.92 Å². The first-order chi connectivity index (χ1) is 13.5. The van der Waals surface area contributed by atoms with Crippen molar-refractivity contribution >= 4 is 29.2 Å². The average Bonchev–Trinajstić information content (AvgIpc) is 3.50. The normalized spacial score (nSPS) is 13.1. The monoisotopic (exact) mass is 403 g/mol. The highest BCUT2D eigenvalue weighted by atomic mass is 35.5. The van der Waals surface area contributed by atoms with E-state index in [0.717, 1.165) is 18.4 Å². The van der Waals surface area contributed by atoms with E-state index in [0.29, 0.717) is 16.3 Å². The molecule has 1 fully saturated rings. The molecular formula is C21H23ClFN3O2. The van der Waals surface area contributed by atoms with E-state index in [-0.39, 0.29) is 43.3 Å². The number of hydrogen-bond donors (Lipinski definition) is 2. The zero-order chi connectivity index (χ0) is 20.1.